The van der Waals surface area contributed by atoms with Gasteiger partial charge in [0.2, 0.25) is 0 Å². The van der Waals surface area contributed by atoms with E-state index in [0.29, 0.717) is 6.61 Å². The molecule has 0 radical (unpaired) electrons. The standard InChI is InChI=1S/C10H16O4/c1-7(14-8(2)11)9-5-3-4-6-13-10(9)12/h7,9H,3-6H2,1-2H3. The Morgan fingerprint density at radius 2 is 2.29 bits per heavy atom. The van der Waals surface area contributed by atoms with Crippen molar-refractivity contribution >= 4 is 11.9 Å². The molecule has 0 aromatic heterocycles. The maximum atomic E-state index is 11.4. The highest BCUT2D eigenvalue weighted by molar-refractivity contribution is 5.74. The van der Waals surface area contributed by atoms with E-state index in [2.05, 4.69) is 0 Å². The summed E-state index contributed by atoms with van der Waals surface area (Å²) in [5.74, 6) is -0.882. The molecule has 1 heterocycles. The van der Waals surface area contributed by atoms with E-state index in [1.807, 2.05) is 0 Å². The van der Waals surface area contributed by atoms with Gasteiger partial charge in [-0.3, -0.25) is 9.59 Å². The third-order valence-electron chi connectivity index (χ3n) is 2.38. The van der Waals surface area contributed by atoms with E-state index in [1.165, 1.54) is 6.92 Å². The molecule has 80 valence electrons. The molecule has 14 heavy (non-hydrogen) atoms. The number of cyclic esters (lactones) is 1. The summed E-state index contributed by atoms with van der Waals surface area (Å²) >= 11 is 0. The number of carbonyl (C=O) groups excluding carboxylic acids is 2. The van der Waals surface area contributed by atoms with Crippen molar-refractivity contribution in [3.8, 4) is 0 Å². The molecule has 1 aliphatic heterocycles. The van der Waals surface area contributed by atoms with Crippen LogP contribution >= 0.6 is 0 Å². The van der Waals surface area contributed by atoms with Gasteiger partial charge in [-0.05, 0) is 26.2 Å². The van der Waals surface area contributed by atoms with Gasteiger partial charge in [0.15, 0.2) is 0 Å². The van der Waals surface area contributed by atoms with Gasteiger partial charge in [0.25, 0.3) is 0 Å². The van der Waals surface area contributed by atoms with Gasteiger partial charge in [0, 0.05) is 6.92 Å². The van der Waals surface area contributed by atoms with Crippen molar-refractivity contribution in [3.63, 3.8) is 0 Å². The first-order valence-electron chi connectivity index (χ1n) is 4.95. The van der Waals surface area contributed by atoms with Gasteiger partial charge in [-0.2, -0.15) is 0 Å². The largest absolute Gasteiger partial charge is 0.465 e. The summed E-state index contributed by atoms with van der Waals surface area (Å²) < 4.78 is 9.96. The molecule has 1 saturated heterocycles. The maximum absolute atomic E-state index is 11.4. The molecular weight excluding hydrogens is 184 g/mol. The van der Waals surface area contributed by atoms with Gasteiger partial charge in [0.05, 0.1) is 12.5 Å². The van der Waals surface area contributed by atoms with Crippen molar-refractivity contribution in [3.05, 3.63) is 0 Å². The SMILES string of the molecule is CC(=O)OC(C)C1CCCCOC1=O. The second-order valence-electron chi connectivity index (χ2n) is 3.58. The van der Waals surface area contributed by atoms with Gasteiger partial charge in [0.1, 0.15) is 6.10 Å². The highest BCUT2D eigenvalue weighted by Crippen LogP contribution is 2.20. The summed E-state index contributed by atoms with van der Waals surface area (Å²) in [6, 6.07) is 0. The van der Waals surface area contributed by atoms with Crippen LogP contribution < -0.4 is 0 Å². The molecule has 2 atom stereocenters. The second kappa shape index (κ2) is 4.98. The van der Waals surface area contributed by atoms with Crippen molar-refractivity contribution in [2.75, 3.05) is 6.61 Å². The van der Waals surface area contributed by atoms with E-state index in [0.717, 1.165) is 19.3 Å². The normalized spacial score (nSPS) is 24.7. The number of esters is 2. The van der Waals surface area contributed by atoms with Crippen molar-refractivity contribution in [1.29, 1.82) is 0 Å². The van der Waals surface area contributed by atoms with Gasteiger partial charge in [-0.25, -0.2) is 0 Å². The number of ether oxygens (including phenoxy) is 2. The lowest BCUT2D eigenvalue weighted by Gasteiger charge is -2.19. The monoisotopic (exact) mass is 200 g/mol. The topological polar surface area (TPSA) is 52.6 Å². The number of carbonyl (C=O) groups is 2. The van der Waals surface area contributed by atoms with E-state index in [9.17, 15) is 9.59 Å². The highest BCUT2D eigenvalue weighted by atomic mass is 16.6. The summed E-state index contributed by atoms with van der Waals surface area (Å²) in [4.78, 5) is 22.1. The smallest absolute Gasteiger partial charge is 0.312 e. The lowest BCUT2D eigenvalue weighted by Crippen LogP contribution is -2.30. The molecule has 0 aliphatic carbocycles. The highest BCUT2D eigenvalue weighted by Gasteiger charge is 2.29. The number of hydrogen-bond acceptors (Lipinski definition) is 4. The van der Waals surface area contributed by atoms with Crippen molar-refractivity contribution < 1.29 is 19.1 Å². The molecule has 2 unspecified atom stereocenters. The number of rotatable bonds is 2. The van der Waals surface area contributed by atoms with Crippen LogP contribution in [0.4, 0.5) is 0 Å². The lowest BCUT2D eigenvalue weighted by atomic mass is 9.98. The number of hydrogen-bond donors (Lipinski definition) is 0. The van der Waals surface area contributed by atoms with Gasteiger partial charge >= 0.3 is 11.9 Å². The summed E-state index contributed by atoms with van der Waals surface area (Å²) in [5.41, 5.74) is 0. The third kappa shape index (κ3) is 3.01. The molecule has 4 heteroatoms. The van der Waals surface area contributed by atoms with Crippen molar-refractivity contribution in [2.24, 2.45) is 5.92 Å². The molecule has 1 aliphatic rings. The van der Waals surface area contributed by atoms with Crippen molar-refractivity contribution in [1.82, 2.24) is 0 Å². The molecule has 0 spiro atoms. The molecule has 0 amide bonds. The minimum absolute atomic E-state index is 0.240. The predicted octanol–water partition coefficient (Wildman–Crippen LogP) is 1.28. The van der Waals surface area contributed by atoms with Crippen LogP contribution in [-0.2, 0) is 19.1 Å². The van der Waals surface area contributed by atoms with Crippen LogP contribution in [0.2, 0.25) is 0 Å². The summed E-state index contributed by atoms with van der Waals surface area (Å²) in [5, 5.41) is 0. The van der Waals surface area contributed by atoms with Gasteiger partial charge < -0.3 is 9.47 Å². The first kappa shape index (κ1) is 11.0. The van der Waals surface area contributed by atoms with E-state index in [1.54, 1.807) is 6.92 Å². The molecule has 0 saturated carbocycles. The fourth-order valence-electron chi connectivity index (χ4n) is 1.63. The van der Waals surface area contributed by atoms with Crippen molar-refractivity contribution in [2.45, 2.75) is 39.2 Å². The predicted molar refractivity (Wildman–Crippen MR) is 49.5 cm³/mol. The van der Waals surface area contributed by atoms with E-state index in [-0.39, 0.29) is 24.0 Å². The molecule has 0 aromatic rings. The minimum atomic E-state index is -0.377. The third-order valence-corrected chi connectivity index (χ3v) is 2.38. The van der Waals surface area contributed by atoms with E-state index in [4.69, 9.17) is 9.47 Å². The quantitative estimate of drug-likeness (QED) is 0.630. The Morgan fingerprint density at radius 1 is 1.57 bits per heavy atom. The molecule has 0 aromatic carbocycles. The Hall–Kier alpha value is -1.06. The fourth-order valence-corrected chi connectivity index (χ4v) is 1.63. The summed E-state index contributed by atoms with van der Waals surface area (Å²) in [6.45, 7) is 3.57. The zero-order valence-corrected chi connectivity index (χ0v) is 8.62. The Balaban J connectivity index is 2.54. The van der Waals surface area contributed by atoms with E-state index < -0.39 is 0 Å². The molecule has 4 nitrogen and oxygen atoms in total. The Labute approximate surface area is 83.6 Å². The van der Waals surface area contributed by atoms with Crippen LogP contribution in [0.3, 0.4) is 0 Å². The van der Waals surface area contributed by atoms with Crippen LogP contribution in [0.5, 0.6) is 0 Å². The average Bonchev–Trinajstić information content (AvgIpc) is 2.28. The van der Waals surface area contributed by atoms with Gasteiger partial charge in [-0.15, -0.1) is 0 Å². The lowest BCUT2D eigenvalue weighted by molar-refractivity contribution is -0.158. The van der Waals surface area contributed by atoms with Crippen LogP contribution in [-0.4, -0.2) is 24.6 Å². The van der Waals surface area contributed by atoms with Crippen LogP contribution in [0, 0.1) is 5.92 Å². The Morgan fingerprint density at radius 3 is 2.93 bits per heavy atom. The van der Waals surface area contributed by atoms with E-state index >= 15 is 0 Å². The first-order chi connectivity index (χ1) is 6.61. The summed E-state index contributed by atoms with van der Waals surface area (Å²) in [6.07, 6.45) is 2.21. The summed E-state index contributed by atoms with van der Waals surface area (Å²) in [7, 11) is 0. The van der Waals surface area contributed by atoms with Crippen LogP contribution in [0.25, 0.3) is 0 Å². The second-order valence-corrected chi connectivity index (χ2v) is 3.58. The maximum Gasteiger partial charge on any atom is 0.312 e. The van der Waals surface area contributed by atoms with Gasteiger partial charge in [-0.1, -0.05) is 0 Å². The molecular formula is C10H16O4. The first-order valence-corrected chi connectivity index (χ1v) is 4.95. The molecule has 1 rings (SSSR count). The molecule has 0 bridgehead atoms. The zero-order chi connectivity index (χ0) is 10.6. The Kier molecular flexibility index (Phi) is 3.92. The minimum Gasteiger partial charge on any atom is -0.465 e. The van der Waals surface area contributed by atoms with Crippen LogP contribution in [0.15, 0.2) is 0 Å². The average molecular weight is 200 g/mol. The Bertz CT molecular complexity index is 224. The zero-order valence-electron chi connectivity index (χ0n) is 8.62. The van der Waals surface area contributed by atoms with Crippen LogP contribution in [0.1, 0.15) is 33.1 Å². The molecule has 1 fully saturated rings. The molecule has 0 N–H and O–H groups in total. The fraction of sp³-hybridized carbons (Fsp3) is 0.800.